The second-order valence-corrected chi connectivity index (χ2v) is 7.09. The number of hydrogen-bond acceptors (Lipinski definition) is 3. The first kappa shape index (κ1) is 20.9. The highest BCUT2D eigenvalue weighted by molar-refractivity contribution is 8.13. The van der Waals surface area contributed by atoms with E-state index >= 15 is 0 Å². The highest BCUT2D eigenvalue weighted by atomic mass is 35.7. The fourth-order valence-electron chi connectivity index (χ4n) is 1.76. The Kier molecular flexibility index (Phi) is 5.51. The molecule has 0 spiro atoms. The van der Waals surface area contributed by atoms with Gasteiger partial charge in [-0.25, -0.2) is 8.42 Å². The molecule has 0 amide bonds. The topological polar surface area (TPSA) is 52.0 Å². The minimum absolute atomic E-state index is 0.0323. The van der Waals surface area contributed by atoms with E-state index in [1.807, 2.05) is 0 Å². The molecule has 24 heavy (non-hydrogen) atoms. The van der Waals surface area contributed by atoms with Crippen molar-refractivity contribution in [1.82, 2.24) is 9.78 Å². The molecule has 0 saturated heterocycles. The fourth-order valence-corrected chi connectivity index (χ4v) is 3.07. The third-order valence-electron chi connectivity index (χ3n) is 2.80. The molecule has 1 rings (SSSR count). The van der Waals surface area contributed by atoms with Gasteiger partial charge in [0.1, 0.15) is 5.56 Å². The van der Waals surface area contributed by atoms with Crippen LogP contribution >= 0.6 is 10.7 Å². The van der Waals surface area contributed by atoms with E-state index in [4.69, 9.17) is 10.7 Å². The van der Waals surface area contributed by atoms with Gasteiger partial charge in [-0.2, -0.15) is 40.2 Å². The Balaban J connectivity index is 3.88. The maximum absolute atomic E-state index is 13.4. The zero-order valence-corrected chi connectivity index (χ0v) is 13.2. The fraction of sp³-hybridized carbons (Fsp3) is 0.700. The molecule has 1 heterocycles. The van der Waals surface area contributed by atoms with Gasteiger partial charge in [-0.3, -0.25) is 4.68 Å². The van der Waals surface area contributed by atoms with Gasteiger partial charge in [0.25, 0.3) is 9.05 Å². The van der Waals surface area contributed by atoms with Crippen LogP contribution in [0, 0.1) is 0 Å². The van der Waals surface area contributed by atoms with E-state index in [9.17, 15) is 43.5 Å². The first-order valence-corrected chi connectivity index (χ1v) is 8.43. The zero-order valence-electron chi connectivity index (χ0n) is 11.6. The molecule has 1 aromatic heterocycles. The first-order chi connectivity index (χ1) is 10.5. The summed E-state index contributed by atoms with van der Waals surface area (Å²) < 4.78 is 126. The van der Waals surface area contributed by atoms with Crippen molar-refractivity contribution in [2.75, 3.05) is 0 Å². The molecule has 0 radical (unpaired) electrons. The molecular weight excluding hydrogens is 400 g/mol. The lowest BCUT2D eigenvalue weighted by molar-refractivity contribution is -0.292. The summed E-state index contributed by atoms with van der Waals surface area (Å²) in [6.45, 7) is 0.878. The van der Waals surface area contributed by atoms with E-state index in [0.29, 0.717) is 0 Å². The van der Waals surface area contributed by atoms with Crippen LogP contribution in [0.3, 0.4) is 0 Å². The van der Waals surface area contributed by atoms with E-state index in [2.05, 4.69) is 5.10 Å². The number of unbranched alkanes of at least 4 members (excludes halogenated alkanes) is 1. The molecule has 0 bridgehead atoms. The molecule has 1 aromatic rings. The van der Waals surface area contributed by atoms with Gasteiger partial charge in [0, 0.05) is 17.2 Å². The van der Waals surface area contributed by atoms with Gasteiger partial charge in [-0.15, -0.1) is 0 Å². The average Bonchev–Trinajstić information content (AvgIpc) is 2.74. The summed E-state index contributed by atoms with van der Waals surface area (Å²) in [5.74, 6) is -6.02. The molecule has 14 heteroatoms. The smallest absolute Gasteiger partial charge is 0.252 e. The van der Waals surface area contributed by atoms with Crippen molar-refractivity contribution in [3.63, 3.8) is 0 Å². The third-order valence-corrected chi connectivity index (χ3v) is 4.11. The molecule has 0 aliphatic carbocycles. The first-order valence-electron chi connectivity index (χ1n) is 6.12. The lowest BCUT2D eigenvalue weighted by Crippen LogP contribution is -2.36. The van der Waals surface area contributed by atoms with Crippen LogP contribution in [-0.2, 0) is 27.7 Å². The molecule has 0 aliphatic heterocycles. The highest BCUT2D eigenvalue weighted by Gasteiger charge is 2.64. The monoisotopic (exact) mass is 408 g/mol. The maximum atomic E-state index is 13.4. The molecule has 0 fully saturated rings. The Morgan fingerprint density at radius 3 is 1.92 bits per heavy atom. The molecule has 0 aromatic carbocycles. The molecule has 0 atom stereocenters. The van der Waals surface area contributed by atoms with Crippen molar-refractivity contribution in [3.05, 3.63) is 11.3 Å². The summed E-state index contributed by atoms with van der Waals surface area (Å²) in [4.78, 5) is 0. The molecule has 140 valence electrons. The van der Waals surface area contributed by atoms with E-state index in [1.54, 1.807) is 0 Å². The Morgan fingerprint density at radius 2 is 1.58 bits per heavy atom. The summed E-state index contributed by atoms with van der Waals surface area (Å²) in [6.07, 6.45) is -12.0. The number of halogens is 9. The Morgan fingerprint density at radius 1 is 1.08 bits per heavy atom. The lowest BCUT2D eigenvalue weighted by atomic mass is 10.1. The Labute approximate surface area is 134 Å². The summed E-state index contributed by atoms with van der Waals surface area (Å²) in [7, 11) is -0.494. The van der Waals surface area contributed by atoms with Crippen molar-refractivity contribution in [1.29, 1.82) is 0 Å². The molecule has 0 aliphatic rings. The Hall–Kier alpha value is -1.11. The highest BCUT2D eigenvalue weighted by Crippen LogP contribution is 2.49. The van der Waals surface area contributed by atoms with E-state index in [-0.39, 0.29) is 17.5 Å². The van der Waals surface area contributed by atoms with Gasteiger partial charge in [-0.05, 0) is 6.42 Å². The van der Waals surface area contributed by atoms with Gasteiger partial charge in [-0.1, -0.05) is 13.3 Å². The third kappa shape index (κ3) is 3.92. The summed E-state index contributed by atoms with van der Waals surface area (Å²) in [5, 5.41) is 0.641. The minimum Gasteiger partial charge on any atom is -0.252 e. The van der Waals surface area contributed by atoms with Crippen molar-refractivity contribution in [2.45, 2.75) is 49.6 Å². The quantitative estimate of drug-likeness (QED) is 0.539. The summed E-state index contributed by atoms with van der Waals surface area (Å²) in [6, 6.07) is 0. The summed E-state index contributed by atoms with van der Waals surface area (Å²) >= 11 is 0. The maximum Gasteiger partial charge on any atom is 0.459 e. The Bertz CT molecular complexity index is 708. The van der Waals surface area contributed by atoms with Crippen LogP contribution < -0.4 is 0 Å². The van der Waals surface area contributed by atoms with Crippen molar-refractivity contribution in [2.24, 2.45) is 0 Å². The predicted molar refractivity (Wildman–Crippen MR) is 65.1 cm³/mol. The zero-order chi connectivity index (χ0) is 19.1. The second-order valence-electron chi connectivity index (χ2n) is 4.61. The number of hydrogen-bond donors (Lipinski definition) is 0. The van der Waals surface area contributed by atoms with E-state index < -0.39 is 50.2 Å². The van der Waals surface area contributed by atoms with Crippen LogP contribution in [0.1, 0.15) is 31.0 Å². The molecule has 4 nitrogen and oxygen atoms in total. The van der Waals surface area contributed by atoms with Crippen LogP contribution in [0.25, 0.3) is 0 Å². The normalized spacial score (nSPS) is 14.2. The standard InChI is InChI=1S/C10H9ClF8N2O2S/c1-2-3-4-21-7(24(11,22)23)5(9(14,15)16)6(20-21)8(12,13)10(17,18)19/h2-4H2,1H3. The number of aryl methyl sites for hydroxylation is 1. The largest absolute Gasteiger partial charge is 0.459 e. The van der Waals surface area contributed by atoms with Crippen molar-refractivity contribution in [3.8, 4) is 0 Å². The second kappa shape index (κ2) is 6.32. The van der Waals surface area contributed by atoms with E-state index in [0.717, 1.165) is 0 Å². The van der Waals surface area contributed by atoms with Gasteiger partial charge >= 0.3 is 18.3 Å². The van der Waals surface area contributed by atoms with Crippen LogP contribution in [0.4, 0.5) is 35.1 Å². The number of rotatable bonds is 5. The predicted octanol–water partition coefficient (Wildman–Crippen LogP) is 4.28. The number of alkyl halides is 8. The van der Waals surface area contributed by atoms with Crippen LogP contribution in [0.5, 0.6) is 0 Å². The number of aromatic nitrogens is 2. The molecule has 0 N–H and O–H groups in total. The van der Waals surface area contributed by atoms with Gasteiger partial charge in [0.2, 0.25) is 0 Å². The van der Waals surface area contributed by atoms with Crippen LogP contribution in [-0.4, -0.2) is 24.4 Å². The van der Waals surface area contributed by atoms with Gasteiger partial charge in [0.05, 0.1) is 0 Å². The van der Waals surface area contributed by atoms with Crippen LogP contribution in [0.2, 0.25) is 0 Å². The van der Waals surface area contributed by atoms with Crippen molar-refractivity contribution < 1.29 is 43.5 Å². The van der Waals surface area contributed by atoms with Gasteiger partial charge < -0.3 is 0 Å². The van der Waals surface area contributed by atoms with E-state index in [1.165, 1.54) is 6.92 Å². The van der Waals surface area contributed by atoms with Crippen molar-refractivity contribution >= 4 is 19.7 Å². The van der Waals surface area contributed by atoms with Crippen LogP contribution in [0.15, 0.2) is 5.03 Å². The minimum atomic E-state index is -6.41. The molecule has 0 saturated carbocycles. The molecular formula is C10H9ClF8N2O2S. The summed E-state index contributed by atoms with van der Waals surface area (Å²) in [5.41, 5.74) is -5.48. The average molecular weight is 409 g/mol. The molecule has 0 unspecified atom stereocenters. The lowest BCUT2D eigenvalue weighted by Gasteiger charge is -2.19. The SMILES string of the molecule is CCCCn1nc(C(F)(F)C(F)(F)F)c(C(F)(F)F)c1S(=O)(=O)Cl. The number of nitrogens with zero attached hydrogens (tertiary/aromatic N) is 2. The van der Waals surface area contributed by atoms with Gasteiger partial charge in [0.15, 0.2) is 10.7 Å².